The molecule has 1 heterocycles. The molecule has 0 saturated heterocycles. The van der Waals surface area contributed by atoms with Crippen LogP contribution in [0.5, 0.6) is 0 Å². The standard InChI is InChI=1S/C7H10INO/c1-3-5-7(8)10-6(4-2)9-5/h3-4H2,1-2H3. The molecule has 1 aromatic rings. The van der Waals surface area contributed by atoms with E-state index in [1.54, 1.807) is 0 Å². The molecular formula is C7H10INO. The first-order chi connectivity index (χ1) is 4.77. The van der Waals surface area contributed by atoms with Crippen molar-refractivity contribution in [2.45, 2.75) is 26.7 Å². The van der Waals surface area contributed by atoms with Gasteiger partial charge < -0.3 is 4.42 Å². The number of oxazole rings is 1. The molecule has 0 unspecified atom stereocenters. The Morgan fingerprint density at radius 1 is 1.40 bits per heavy atom. The third kappa shape index (κ3) is 1.51. The summed E-state index contributed by atoms with van der Waals surface area (Å²) in [5.41, 5.74) is 1.08. The number of aryl methyl sites for hydroxylation is 2. The van der Waals surface area contributed by atoms with Crippen molar-refractivity contribution in [1.29, 1.82) is 0 Å². The van der Waals surface area contributed by atoms with Crippen LogP contribution in [0.4, 0.5) is 0 Å². The minimum Gasteiger partial charge on any atom is -0.435 e. The van der Waals surface area contributed by atoms with Gasteiger partial charge in [0.15, 0.2) is 9.66 Å². The highest BCUT2D eigenvalue weighted by molar-refractivity contribution is 14.1. The van der Waals surface area contributed by atoms with E-state index < -0.39 is 0 Å². The molecule has 2 nitrogen and oxygen atoms in total. The first-order valence-electron chi connectivity index (χ1n) is 3.42. The Kier molecular flexibility index (Phi) is 2.71. The highest BCUT2D eigenvalue weighted by atomic mass is 127. The van der Waals surface area contributed by atoms with Gasteiger partial charge in [-0.25, -0.2) is 4.98 Å². The quantitative estimate of drug-likeness (QED) is 0.754. The molecule has 0 aliphatic carbocycles. The number of rotatable bonds is 2. The van der Waals surface area contributed by atoms with Gasteiger partial charge in [0.05, 0.1) is 5.69 Å². The van der Waals surface area contributed by atoms with Gasteiger partial charge in [0, 0.05) is 29.0 Å². The fourth-order valence-corrected chi connectivity index (χ4v) is 1.51. The minimum absolute atomic E-state index is 0.848. The molecule has 1 rings (SSSR count). The lowest BCUT2D eigenvalue weighted by atomic mass is 10.4. The van der Waals surface area contributed by atoms with Crippen molar-refractivity contribution >= 4 is 22.6 Å². The second-order valence-electron chi connectivity index (χ2n) is 2.04. The lowest BCUT2D eigenvalue weighted by Crippen LogP contribution is -1.83. The van der Waals surface area contributed by atoms with E-state index in [4.69, 9.17) is 4.42 Å². The third-order valence-electron chi connectivity index (χ3n) is 1.33. The summed E-state index contributed by atoms with van der Waals surface area (Å²) in [5, 5.41) is 0. The summed E-state index contributed by atoms with van der Waals surface area (Å²) in [6.07, 6.45) is 1.85. The van der Waals surface area contributed by atoms with Gasteiger partial charge in [0.25, 0.3) is 0 Å². The molecule has 0 fully saturated rings. The maximum absolute atomic E-state index is 5.33. The van der Waals surface area contributed by atoms with Gasteiger partial charge in [0.2, 0.25) is 0 Å². The second kappa shape index (κ2) is 3.37. The molecule has 1 aromatic heterocycles. The molecule has 0 amide bonds. The Morgan fingerprint density at radius 3 is 2.40 bits per heavy atom. The normalized spacial score (nSPS) is 10.3. The van der Waals surface area contributed by atoms with Crippen molar-refractivity contribution in [1.82, 2.24) is 4.98 Å². The smallest absolute Gasteiger partial charge is 0.195 e. The summed E-state index contributed by atoms with van der Waals surface area (Å²) < 4.78 is 6.27. The van der Waals surface area contributed by atoms with Crippen LogP contribution in [0, 0.1) is 3.77 Å². The molecule has 0 bridgehead atoms. The second-order valence-corrected chi connectivity index (χ2v) is 3.01. The SMILES string of the molecule is CCc1nc(CC)c(I)o1. The molecule has 3 heteroatoms. The summed E-state index contributed by atoms with van der Waals surface area (Å²) in [7, 11) is 0. The fraction of sp³-hybridized carbons (Fsp3) is 0.571. The van der Waals surface area contributed by atoms with Crippen LogP contribution in [0.15, 0.2) is 4.42 Å². The molecule has 0 radical (unpaired) electrons. The van der Waals surface area contributed by atoms with Crippen molar-refractivity contribution in [3.05, 3.63) is 15.4 Å². The lowest BCUT2D eigenvalue weighted by molar-refractivity contribution is 0.478. The molecule has 0 aliphatic heterocycles. The average molecular weight is 251 g/mol. The maximum Gasteiger partial charge on any atom is 0.195 e. The molecular weight excluding hydrogens is 241 g/mol. The topological polar surface area (TPSA) is 26.0 Å². The number of halogens is 1. The zero-order valence-electron chi connectivity index (χ0n) is 6.15. The van der Waals surface area contributed by atoms with Crippen molar-refractivity contribution in [3.63, 3.8) is 0 Å². The van der Waals surface area contributed by atoms with Gasteiger partial charge in [-0.05, 0) is 6.42 Å². The van der Waals surface area contributed by atoms with Gasteiger partial charge in [-0.1, -0.05) is 13.8 Å². The molecule has 0 spiro atoms. The van der Waals surface area contributed by atoms with Crippen molar-refractivity contribution in [2.24, 2.45) is 0 Å². The highest BCUT2D eigenvalue weighted by Gasteiger charge is 2.05. The van der Waals surface area contributed by atoms with E-state index in [0.29, 0.717) is 0 Å². The molecule has 0 N–H and O–H groups in total. The van der Waals surface area contributed by atoms with E-state index in [1.165, 1.54) is 0 Å². The Labute approximate surface area is 74.2 Å². The molecule has 0 aliphatic rings. The lowest BCUT2D eigenvalue weighted by Gasteiger charge is -1.82. The van der Waals surface area contributed by atoms with E-state index in [1.807, 2.05) is 6.92 Å². The summed E-state index contributed by atoms with van der Waals surface area (Å²) in [5.74, 6) is 0.848. The van der Waals surface area contributed by atoms with Crippen LogP contribution in [-0.4, -0.2) is 4.98 Å². The monoisotopic (exact) mass is 251 g/mol. The molecule has 0 saturated carbocycles. The van der Waals surface area contributed by atoms with Crippen LogP contribution in [0.3, 0.4) is 0 Å². The fourth-order valence-electron chi connectivity index (χ4n) is 0.749. The van der Waals surface area contributed by atoms with Crippen LogP contribution in [0.2, 0.25) is 0 Å². The summed E-state index contributed by atoms with van der Waals surface area (Å²) in [6.45, 7) is 4.13. The van der Waals surface area contributed by atoms with Crippen LogP contribution < -0.4 is 0 Å². The first kappa shape index (κ1) is 8.04. The van der Waals surface area contributed by atoms with Gasteiger partial charge in [-0.3, -0.25) is 0 Å². The molecule has 0 aromatic carbocycles. The Morgan fingerprint density at radius 2 is 2.10 bits per heavy atom. The maximum atomic E-state index is 5.33. The molecule has 56 valence electrons. The number of nitrogens with zero attached hydrogens (tertiary/aromatic N) is 1. The van der Waals surface area contributed by atoms with Crippen LogP contribution in [0.25, 0.3) is 0 Å². The Balaban J connectivity index is 2.92. The number of aromatic nitrogens is 1. The van der Waals surface area contributed by atoms with Gasteiger partial charge >= 0.3 is 0 Å². The van der Waals surface area contributed by atoms with Crippen LogP contribution in [0.1, 0.15) is 25.4 Å². The van der Waals surface area contributed by atoms with E-state index in [9.17, 15) is 0 Å². The molecule has 10 heavy (non-hydrogen) atoms. The summed E-state index contributed by atoms with van der Waals surface area (Å²) in [6, 6.07) is 0. The van der Waals surface area contributed by atoms with E-state index in [2.05, 4.69) is 34.5 Å². The van der Waals surface area contributed by atoms with Crippen molar-refractivity contribution in [2.75, 3.05) is 0 Å². The Hall–Kier alpha value is -0.0600. The highest BCUT2D eigenvalue weighted by Crippen LogP contribution is 2.14. The van der Waals surface area contributed by atoms with E-state index in [-0.39, 0.29) is 0 Å². The summed E-state index contributed by atoms with van der Waals surface area (Å²) in [4.78, 5) is 4.27. The van der Waals surface area contributed by atoms with Crippen LogP contribution in [-0.2, 0) is 12.8 Å². The van der Waals surface area contributed by atoms with Gasteiger partial charge in [0.1, 0.15) is 0 Å². The Bertz CT molecular complexity index is 219. The first-order valence-corrected chi connectivity index (χ1v) is 4.49. The van der Waals surface area contributed by atoms with Crippen molar-refractivity contribution in [3.8, 4) is 0 Å². The predicted molar refractivity (Wildman–Crippen MR) is 48.0 cm³/mol. The summed E-state index contributed by atoms with van der Waals surface area (Å²) >= 11 is 2.18. The molecule has 0 atom stereocenters. The minimum atomic E-state index is 0.848. The third-order valence-corrected chi connectivity index (χ3v) is 2.17. The number of hydrogen-bond acceptors (Lipinski definition) is 2. The van der Waals surface area contributed by atoms with E-state index in [0.717, 1.165) is 28.2 Å². The van der Waals surface area contributed by atoms with Gasteiger partial charge in [-0.15, -0.1) is 0 Å². The van der Waals surface area contributed by atoms with Crippen LogP contribution >= 0.6 is 22.6 Å². The predicted octanol–water partition coefficient (Wildman–Crippen LogP) is 2.40. The van der Waals surface area contributed by atoms with Gasteiger partial charge in [-0.2, -0.15) is 0 Å². The van der Waals surface area contributed by atoms with Crippen molar-refractivity contribution < 1.29 is 4.42 Å². The zero-order chi connectivity index (χ0) is 7.56. The average Bonchev–Trinajstić information content (AvgIpc) is 2.30. The largest absolute Gasteiger partial charge is 0.435 e. The zero-order valence-corrected chi connectivity index (χ0v) is 8.31. The van der Waals surface area contributed by atoms with E-state index >= 15 is 0 Å². The number of hydrogen-bond donors (Lipinski definition) is 0.